The minimum atomic E-state index is -0.199. The molecule has 1 aromatic heterocycles. The average molecular weight is 257 g/mol. The third kappa shape index (κ3) is 1.93. The first-order chi connectivity index (χ1) is 7.63. The Balaban J connectivity index is 2.81. The summed E-state index contributed by atoms with van der Waals surface area (Å²) in [6.45, 7) is 0. The molecule has 0 aliphatic carbocycles. The van der Waals surface area contributed by atoms with Gasteiger partial charge in [0.2, 0.25) is 5.43 Å². The van der Waals surface area contributed by atoms with Gasteiger partial charge < -0.3 is 5.11 Å². The molecule has 4 nitrogen and oxygen atoms in total. The van der Waals surface area contributed by atoms with Crippen LogP contribution in [0.5, 0.6) is 0 Å². The van der Waals surface area contributed by atoms with Gasteiger partial charge in [0.15, 0.2) is 5.03 Å². The maximum atomic E-state index is 12.0. The maximum Gasteiger partial charge on any atom is 0.221 e. The number of aryl methyl sites for hydroxylation is 1. The molecule has 1 aromatic carbocycles. The van der Waals surface area contributed by atoms with Crippen molar-refractivity contribution >= 4 is 34.3 Å². The lowest BCUT2D eigenvalue weighted by atomic mass is 10.2. The van der Waals surface area contributed by atoms with Gasteiger partial charge >= 0.3 is 0 Å². The molecule has 0 saturated carbocycles. The Hall–Kier alpha value is -1.04. The first-order valence-corrected chi connectivity index (χ1v) is 5.90. The van der Waals surface area contributed by atoms with E-state index < -0.39 is 0 Å². The first kappa shape index (κ1) is 11.4. The number of aromatic nitrogens is 2. The van der Waals surface area contributed by atoms with Crippen LogP contribution in [0.3, 0.4) is 0 Å². The molecule has 0 aliphatic heterocycles. The number of thioether (sulfide) groups is 1. The summed E-state index contributed by atoms with van der Waals surface area (Å²) in [5.41, 5.74) is 0.520. The molecule has 6 heteroatoms. The van der Waals surface area contributed by atoms with Gasteiger partial charge in [-0.2, -0.15) is 5.10 Å². The fourth-order valence-electron chi connectivity index (χ4n) is 1.48. The van der Waals surface area contributed by atoms with Crippen LogP contribution >= 0.6 is 23.4 Å². The van der Waals surface area contributed by atoms with E-state index in [1.807, 2.05) is 0 Å². The van der Waals surface area contributed by atoms with E-state index in [0.29, 0.717) is 10.4 Å². The van der Waals surface area contributed by atoms with Gasteiger partial charge in [0.1, 0.15) is 0 Å². The molecule has 2 rings (SSSR count). The van der Waals surface area contributed by atoms with Gasteiger partial charge in [0.05, 0.1) is 16.8 Å². The van der Waals surface area contributed by atoms with Crippen LogP contribution in [0.25, 0.3) is 10.9 Å². The van der Waals surface area contributed by atoms with Crippen molar-refractivity contribution in [2.45, 2.75) is 5.03 Å². The Morgan fingerprint density at radius 2 is 2.31 bits per heavy atom. The molecule has 1 N–H and O–H groups in total. The summed E-state index contributed by atoms with van der Waals surface area (Å²) in [5.74, 6) is -0.172. The summed E-state index contributed by atoms with van der Waals surface area (Å²) in [6, 6.07) is 5.08. The maximum absolute atomic E-state index is 12.0. The standard InChI is InChI=1S/C10H9ClN2O2S/c1-13-8-3-2-6(11)4-7(8)9(15)10(12-13)16-5-14/h2-4,14H,5H2,1H3. The van der Waals surface area contributed by atoms with Gasteiger partial charge in [-0.3, -0.25) is 9.48 Å². The lowest BCUT2D eigenvalue weighted by Gasteiger charge is -2.06. The van der Waals surface area contributed by atoms with Crippen LogP contribution in [-0.2, 0) is 7.05 Å². The smallest absolute Gasteiger partial charge is 0.221 e. The normalized spacial score (nSPS) is 10.9. The van der Waals surface area contributed by atoms with Crippen LogP contribution in [0.4, 0.5) is 0 Å². The molecule has 0 spiro atoms. The Morgan fingerprint density at radius 1 is 1.56 bits per heavy atom. The van der Waals surface area contributed by atoms with Crippen molar-refractivity contribution in [2.75, 3.05) is 5.94 Å². The van der Waals surface area contributed by atoms with Gasteiger partial charge in [0, 0.05) is 12.1 Å². The number of hydrogen-bond donors (Lipinski definition) is 1. The predicted octanol–water partition coefficient (Wildman–Crippen LogP) is 1.63. The van der Waals surface area contributed by atoms with Crippen LogP contribution in [0.2, 0.25) is 5.02 Å². The molecule has 0 fully saturated rings. The Kier molecular flexibility index (Phi) is 3.18. The van der Waals surface area contributed by atoms with E-state index in [0.717, 1.165) is 17.3 Å². The number of benzene rings is 1. The number of rotatable bonds is 2. The van der Waals surface area contributed by atoms with Crippen molar-refractivity contribution in [3.05, 3.63) is 33.4 Å². The summed E-state index contributed by atoms with van der Waals surface area (Å²) < 4.78 is 1.60. The number of nitrogens with zero attached hydrogens (tertiary/aromatic N) is 2. The molecule has 0 aliphatic rings. The predicted molar refractivity (Wildman–Crippen MR) is 64.9 cm³/mol. The second kappa shape index (κ2) is 4.45. The molecule has 2 aromatic rings. The highest BCUT2D eigenvalue weighted by atomic mass is 35.5. The van der Waals surface area contributed by atoms with E-state index in [1.54, 1.807) is 29.9 Å². The SMILES string of the molecule is Cn1nc(SCO)c(=O)c2cc(Cl)ccc21. The molecular weight excluding hydrogens is 248 g/mol. The summed E-state index contributed by atoms with van der Waals surface area (Å²) in [7, 11) is 1.75. The Bertz CT molecular complexity index is 597. The van der Waals surface area contributed by atoms with Gasteiger partial charge in [0.25, 0.3) is 0 Å². The first-order valence-electron chi connectivity index (χ1n) is 4.53. The van der Waals surface area contributed by atoms with Crippen molar-refractivity contribution < 1.29 is 5.11 Å². The van der Waals surface area contributed by atoms with Crippen molar-refractivity contribution in [1.82, 2.24) is 9.78 Å². The molecule has 84 valence electrons. The zero-order valence-corrected chi connectivity index (χ0v) is 10.0. The molecule has 0 unspecified atom stereocenters. The number of fused-ring (bicyclic) bond motifs is 1. The van der Waals surface area contributed by atoms with E-state index in [-0.39, 0.29) is 16.4 Å². The molecule has 0 bridgehead atoms. The van der Waals surface area contributed by atoms with Gasteiger partial charge in [-0.1, -0.05) is 23.4 Å². The summed E-state index contributed by atoms with van der Waals surface area (Å²) >= 11 is 6.85. The summed E-state index contributed by atoms with van der Waals surface area (Å²) in [5, 5.41) is 14.2. The monoisotopic (exact) mass is 256 g/mol. The molecule has 0 amide bonds. The topological polar surface area (TPSA) is 55.1 Å². The molecule has 0 saturated heterocycles. The highest BCUT2D eigenvalue weighted by Gasteiger charge is 2.09. The summed E-state index contributed by atoms with van der Waals surface area (Å²) in [4.78, 5) is 12.0. The van der Waals surface area contributed by atoms with Crippen molar-refractivity contribution in [3.8, 4) is 0 Å². The second-order valence-electron chi connectivity index (χ2n) is 3.19. The fraction of sp³-hybridized carbons (Fsp3) is 0.200. The average Bonchev–Trinajstić information content (AvgIpc) is 2.25. The number of aliphatic hydroxyl groups excluding tert-OH is 1. The molecule has 0 radical (unpaired) electrons. The molecule has 0 atom stereocenters. The van der Waals surface area contributed by atoms with E-state index in [2.05, 4.69) is 5.10 Å². The summed E-state index contributed by atoms with van der Waals surface area (Å²) in [6.07, 6.45) is 0. The Labute approximate surface area is 101 Å². The van der Waals surface area contributed by atoms with E-state index in [1.165, 1.54) is 0 Å². The third-order valence-corrected chi connectivity index (χ3v) is 3.09. The lowest BCUT2D eigenvalue weighted by Crippen LogP contribution is -2.14. The quantitative estimate of drug-likeness (QED) is 0.656. The minimum absolute atomic E-state index is 0.172. The van der Waals surface area contributed by atoms with Crippen LogP contribution in [0.1, 0.15) is 0 Å². The highest BCUT2D eigenvalue weighted by Crippen LogP contribution is 2.18. The van der Waals surface area contributed by atoms with Crippen molar-refractivity contribution in [2.24, 2.45) is 7.05 Å². The van der Waals surface area contributed by atoms with Gasteiger partial charge in [-0.05, 0) is 18.2 Å². The highest BCUT2D eigenvalue weighted by molar-refractivity contribution is 7.99. The molecule has 16 heavy (non-hydrogen) atoms. The molecule has 1 heterocycles. The Morgan fingerprint density at radius 3 is 3.00 bits per heavy atom. The number of hydrogen-bond acceptors (Lipinski definition) is 4. The van der Waals surface area contributed by atoms with E-state index >= 15 is 0 Å². The lowest BCUT2D eigenvalue weighted by molar-refractivity contribution is 0.375. The second-order valence-corrected chi connectivity index (χ2v) is 4.56. The van der Waals surface area contributed by atoms with E-state index in [9.17, 15) is 4.79 Å². The third-order valence-electron chi connectivity index (χ3n) is 2.19. The van der Waals surface area contributed by atoms with Crippen LogP contribution in [0, 0.1) is 0 Å². The molecular formula is C10H9ClN2O2S. The zero-order valence-electron chi connectivity index (χ0n) is 8.48. The van der Waals surface area contributed by atoms with Crippen LogP contribution < -0.4 is 5.43 Å². The van der Waals surface area contributed by atoms with Crippen LogP contribution in [0.15, 0.2) is 28.0 Å². The minimum Gasteiger partial charge on any atom is -0.385 e. The van der Waals surface area contributed by atoms with Crippen LogP contribution in [-0.4, -0.2) is 20.8 Å². The van der Waals surface area contributed by atoms with E-state index in [4.69, 9.17) is 16.7 Å². The van der Waals surface area contributed by atoms with Gasteiger partial charge in [-0.15, -0.1) is 0 Å². The van der Waals surface area contributed by atoms with Crippen molar-refractivity contribution in [3.63, 3.8) is 0 Å². The largest absolute Gasteiger partial charge is 0.385 e. The van der Waals surface area contributed by atoms with Gasteiger partial charge in [-0.25, -0.2) is 0 Å². The van der Waals surface area contributed by atoms with Crippen molar-refractivity contribution in [1.29, 1.82) is 0 Å². The number of halogens is 1. The number of aliphatic hydroxyl groups is 1. The zero-order chi connectivity index (χ0) is 11.7. The fourth-order valence-corrected chi connectivity index (χ4v) is 2.19.